The van der Waals surface area contributed by atoms with Crippen molar-refractivity contribution in [3.63, 3.8) is 0 Å². The van der Waals surface area contributed by atoms with Crippen molar-refractivity contribution in [3.8, 4) is 17.8 Å². The first-order valence-electron chi connectivity index (χ1n) is 10.5. The summed E-state index contributed by atoms with van der Waals surface area (Å²) in [6.07, 6.45) is 6.78. The predicted molar refractivity (Wildman–Crippen MR) is 113 cm³/mol. The third-order valence-corrected chi connectivity index (χ3v) is 6.63. The van der Waals surface area contributed by atoms with Gasteiger partial charge in [0.25, 0.3) is 0 Å². The highest BCUT2D eigenvalue weighted by molar-refractivity contribution is 5.82. The van der Waals surface area contributed by atoms with E-state index in [1.165, 1.54) is 17.7 Å². The second-order valence-electron chi connectivity index (χ2n) is 8.44. The molecule has 2 aromatic rings. The maximum absolute atomic E-state index is 13.4. The number of hydrogen-bond donors (Lipinski definition) is 0. The SMILES string of the molecule is C[C@]12Cc3cnn(-c4ccc(F)cc4)c3C=C1CC[C@@H]2C(=O)N(CCC#N)CCC#N. The lowest BCUT2D eigenvalue weighted by Gasteiger charge is -2.37. The molecule has 2 aliphatic carbocycles. The van der Waals surface area contributed by atoms with Gasteiger partial charge in [-0.1, -0.05) is 12.5 Å². The zero-order valence-corrected chi connectivity index (χ0v) is 17.5. The summed E-state index contributed by atoms with van der Waals surface area (Å²) < 4.78 is 15.1. The maximum atomic E-state index is 13.4. The zero-order valence-electron chi connectivity index (χ0n) is 17.5. The molecule has 4 rings (SSSR count). The minimum atomic E-state index is -0.307. The van der Waals surface area contributed by atoms with Gasteiger partial charge in [-0.3, -0.25) is 4.79 Å². The van der Waals surface area contributed by atoms with Crippen molar-refractivity contribution < 1.29 is 9.18 Å². The van der Waals surface area contributed by atoms with Crippen LogP contribution in [-0.4, -0.2) is 33.7 Å². The van der Waals surface area contributed by atoms with Crippen molar-refractivity contribution in [2.75, 3.05) is 13.1 Å². The van der Waals surface area contributed by atoms with Gasteiger partial charge in [0, 0.05) is 24.4 Å². The van der Waals surface area contributed by atoms with Crippen molar-refractivity contribution in [2.24, 2.45) is 11.3 Å². The molecule has 2 atom stereocenters. The number of fused-ring (bicyclic) bond motifs is 2. The van der Waals surface area contributed by atoms with Crippen LogP contribution in [-0.2, 0) is 11.2 Å². The highest BCUT2D eigenvalue weighted by Crippen LogP contribution is 2.53. The summed E-state index contributed by atoms with van der Waals surface area (Å²) in [4.78, 5) is 15.1. The van der Waals surface area contributed by atoms with Crippen molar-refractivity contribution in [1.82, 2.24) is 14.7 Å². The number of carbonyl (C=O) groups excluding carboxylic acids is 1. The summed E-state index contributed by atoms with van der Waals surface area (Å²) in [5.74, 6) is -0.436. The van der Waals surface area contributed by atoms with E-state index in [-0.39, 0.29) is 35.9 Å². The first-order valence-corrected chi connectivity index (χ1v) is 10.5. The van der Waals surface area contributed by atoms with Crippen LogP contribution in [0.2, 0.25) is 0 Å². The summed E-state index contributed by atoms with van der Waals surface area (Å²) in [6, 6.07) is 10.5. The largest absolute Gasteiger partial charge is 0.340 e. The van der Waals surface area contributed by atoms with Crippen LogP contribution in [0.15, 0.2) is 36.0 Å². The minimum absolute atomic E-state index is 0.0331. The van der Waals surface area contributed by atoms with E-state index in [2.05, 4.69) is 30.2 Å². The Labute approximate surface area is 181 Å². The van der Waals surface area contributed by atoms with Gasteiger partial charge in [0.1, 0.15) is 5.82 Å². The number of amides is 1. The summed E-state index contributed by atoms with van der Waals surface area (Å²) in [5.41, 5.74) is 3.77. The second kappa shape index (κ2) is 8.35. The van der Waals surface area contributed by atoms with Crippen LogP contribution in [0.4, 0.5) is 4.39 Å². The molecule has 1 saturated carbocycles. The van der Waals surface area contributed by atoms with Gasteiger partial charge < -0.3 is 4.90 Å². The molecule has 0 unspecified atom stereocenters. The lowest BCUT2D eigenvalue weighted by molar-refractivity contribution is -0.138. The fraction of sp³-hybridized carbons (Fsp3) is 0.417. The molecule has 1 heterocycles. The second-order valence-corrected chi connectivity index (χ2v) is 8.44. The molecular formula is C24H24FN5O. The number of nitrogens with zero attached hydrogens (tertiary/aromatic N) is 5. The van der Waals surface area contributed by atoms with Gasteiger partial charge in [0.2, 0.25) is 5.91 Å². The van der Waals surface area contributed by atoms with Crippen LogP contribution in [0.1, 0.15) is 43.9 Å². The van der Waals surface area contributed by atoms with Crippen LogP contribution in [0.25, 0.3) is 11.8 Å². The molecular weight excluding hydrogens is 393 g/mol. The third-order valence-electron chi connectivity index (χ3n) is 6.63. The van der Waals surface area contributed by atoms with Gasteiger partial charge in [-0.25, -0.2) is 9.07 Å². The molecule has 0 saturated heterocycles. The third kappa shape index (κ3) is 3.72. The van der Waals surface area contributed by atoms with Crippen molar-refractivity contribution in [3.05, 3.63) is 53.1 Å². The Kier molecular flexibility index (Phi) is 5.61. The fourth-order valence-corrected chi connectivity index (χ4v) is 4.95. The number of halogens is 1. The fourth-order valence-electron chi connectivity index (χ4n) is 4.95. The Morgan fingerprint density at radius 1 is 1.26 bits per heavy atom. The Morgan fingerprint density at radius 2 is 1.94 bits per heavy atom. The Morgan fingerprint density at radius 3 is 2.58 bits per heavy atom. The molecule has 1 amide bonds. The van der Waals surface area contributed by atoms with E-state index < -0.39 is 0 Å². The summed E-state index contributed by atoms with van der Waals surface area (Å²) in [6.45, 7) is 2.85. The number of aromatic nitrogens is 2. The number of hydrogen-bond acceptors (Lipinski definition) is 4. The average molecular weight is 417 g/mol. The van der Waals surface area contributed by atoms with E-state index in [9.17, 15) is 9.18 Å². The molecule has 31 heavy (non-hydrogen) atoms. The number of rotatable bonds is 6. The van der Waals surface area contributed by atoms with E-state index in [1.54, 1.807) is 17.0 Å². The number of carbonyl (C=O) groups is 1. The average Bonchev–Trinajstić information content (AvgIpc) is 3.31. The van der Waals surface area contributed by atoms with E-state index in [4.69, 9.17) is 10.5 Å². The lowest BCUT2D eigenvalue weighted by atomic mass is 9.69. The quantitative estimate of drug-likeness (QED) is 0.710. The summed E-state index contributed by atoms with van der Waals surface area (Å²) in [7, 11) is 0. The highest BCUT2D eigenvalue weighted by atomic mass is 19.1. The van der Waals surface area contributed by atoms with Crippen LogP contribution in [0.3, 0.4) is 0 Å². The van der Waals surface area contributed by atoms with E-state index in [0.29, 0.717) is 19.5 Å². The van der Waals surface area contributed by atoms with Gasteiger partial charge in [-0.05, 0) is 55.2 Å². The number of benzene rings is 1. The topological polar surface area (TPSA) is 85.7 Å². The molecule has 7 heteroatoms. The minimum Gasteiger partial charge on any atom is -0.340 e. The predicted octanol–water partition coefficient (Wildman–Crippen LogP) is 4.02. The van der Waals surface area contributed by atoms with Crippen LogP contribution >= 0.6 is 0 Å². The van der Waals surface area contributed by atoms with Crippen LogP contribution < -0.4 is 0 Å². The molecule has 158 valence electrons. The molecule has 1 aromatic carbocycles. The molecule has 1 aromatic heterocycles. The number of allylic oxidation sites excluding steroid dienone is 1. The Hall–Kier alpha value is -3.45. The van der Waals surface area contributed by atoms with Crippen molar-refractivity contribution >= 4 is 12.0 Å². The smallest absolute Gasteiger partial charge is 0.226 e. The van der Waals surface area contributed by atoms with Gasteiger partial charge in [0.15, 0.2) is 0 Å². The maximum Gasteiger partial charge on any atom is 0.226 e. The van der Waals surface area contributed by atoms with Crippen LogP contribution in [0.5, 0.6) is 0 Å². The standard InChI is InChI=1S/C24H24FN5O/c1-24-15-17-16-28-30(20-7-5-19(25)6-8-20)22(17)14-18(24)4-9-21(24)23(31)29(12-2-10-26)13-3-11-27/h5-8,14,16,21H,2-4,9,12-13,15H2,1H3/t21-,24+/m1/s1. The monoisotopic (exact) mass is 417 g/mol. The molecule has 2 aliphatic rings. The zero-order chi connectivity index (χ0) is 22.0. The summed E-state index contributed by atoms with van der Waals surface area (Å²) >= 11 is 0. The molecule has 0 radical (unpaired) electrons. The molecule has 0 bridgehead atoms. The van der Waals surface area contributed by atoms with Gasteiger partial charge in [-0.2, -0.15) is 15.6 Å². The lowest BCUT2D eigenvalue weighted by Crippen LogP contribution is -2.43. The molecule has 1 fully saturated rings. The highest BCUT2D eigenvalue weighted by Gasteiger charge is 2.49. The Bertz CT molecular complexity index is 1090. The first-order chi connectivity index (χ1) is 15.0. The van der Waals surface area contributed by atoms with E-state index >= 15 is 0 Å². The first kappa shape index (κ1) is 20.8. The normalized spacial score (nSPS) is 21.4. The van der Waals surface area contributed by atoms with Gasteiger partial charge >= 0.3 is 0 Å². The van der Waals surface area contributed by atoms with Crippen LogP contribution in [0, 0.1) is 39.8 Å². The molecule has 0 aliphatic heterocycles. The van der Waals surface area contributed by atoms with E-state index in [1.807, 2.05) is 10.9 Å². The van der Waals surface area contributed by atoms with Crippen molar-refractivity contribution in [1.29, 1.82) is 10.5 Å². The van der Waals surface area contributed by atoms with Crippen molar-refractivity contribution in [2.45, 2.75) is 39.0 Å². The van der Waals surface area contributed by atoms with E-state index in [0.717, 1.165) is 29.8 Å². The molecule has 0 spiro atoms. The molecule has 0 N–H and O–H groups in total. The van der Waals surface area contributed by atoms with Gasteiger partial charge in [-0.15, -0.1) is 0 Å². The van der Waals surface area contributed by atoms with Gasteiger partial charge in [0.05, 0.1) is 42.6 Å². The Balaban J connectivity index is 1.62. The molecule has 6 nitrogen and oxygen atoms in total. The number of nitriles is 2. The summed E-state index contributed by atoms with van der Waals surface area (Å²) in [5, 5.41) is 22.4.